The van der Waals surface area contributed by atoms with Crippen molar-refractivity contribution in [2.75, 3.05) is 0 Å². The van der Waals surface area contributed by atoms with Crippen molar-refractivity contribution in [2.24, 2.45) is 5.10 Å². The Morgan fingerprint density at radius 1 is 1.19 bits per heavy atom. The molecule has 0 radical (unpaired) electrons. The number of carbonyl (C=O) groups excluding carboxylic acids is 1. The summed E-state index contributed by atoms with van der Waals surface area (Å²) < 4.78 is 0. The number of nitrogens with zero attached hydrogens (tertiary/aromatic N) is 1. The number of phenolic OH excluding ortho intramolecular Hbond substituents is 1. The van der Waals surface area contributed by atoms with Crippen molar-refractivity contribution in [2.45, 2.75) is 6.92 Å². The molecule has 108 valence electrons. The summed E-state index contributed by atoms with van der Waals surface area (Å²) >= 11 is 12.0. The van der Waals surface area contributed by atoms with E-state index in [2.05, 4.69) is 10.5 Å². The molecule has 2 N–H and O–H groups in total. The van der Waals surface area contributed by atoms with Gasteiger partial charge in [0.15, 0.2) is 0 Å². The topological polar surface area (TPSA) is 61.7 Å². The summed E-state index contributed by atoms with van der Waals surface area (Å²) in [5.74, 6) is -0.412. The lowest BCUT2D eigenvalue weighted by Gasteiger charge is -2.05. The fourth-order valence-electron chi connectivity index (χ4n) is 1.68. The van der Waals surface area contributed by atoms with Gasteiger partial charge >= 0.3 is 0 Å². The molecule has 0 bridgehead atoms. The van der Waals surface area contributed by atoms with Gasteiger partial charge in [-0.25, -0.2) is 5.43 Å². The first-order chi connectivity index (χ1) is 9.97. The number of hydrogen-bond acceptors (Lipinski definition) is 3. The summed E-state index contributed by atoms with van der Waals surface area (Å²) in [5, 5.41) is 14.4. The lowest BCUT2D eigenvalue weighted by Crippen LogP contribution is -2.19. The Kier molecular flexibility index (Phi) is 4.83. The summed E-state index contributed by atoms with van der Waals surface area (Å²) in [4.78, 5) is 11.9. The number of amides is 1. The Bertz CT molecular complexity index is 715. The van der Waals surface area contributed by atoms with Crippen molar-refractivity contribution in [3.8, 4) is 5.75 Å². The van der Waals surface area contributed by atoms with Crippen LogP contribution in [0.1, 0.15) is 22.8 Å². The van der Waals surface area contributed by atoms with Crippen molar-refractivity contribution >= 4 is 34.8 Å². The number of nitrogens with one attached hydrogen (secondary N) is 1. The lowest BCUT2D eigenvalue weighted by atomic mass is 10.1. The van der Waals surface area contributed by atoms with Gasteiger partial charge in [-0.1, -0.05) is 29.3 Å². The third-order valence-electron chi connectivity index (χ3n) is 2.75. The molecule has 0 aliphatic carbocycles. The van der Waals surface area contributed by atoms with Crippen LogP contribution in [-0.4, -0.2) is 16.7 Å². The minimum absolute atomic E-state index is 0.0150. The lowest BCUT2D eigenvalue weighted by molar-refractivity contribution is 0.0954. The molecule has 1 amide bonds. The highest BCUT2D eigenvalue weighted by molar-refractivity contribution is 6.36. The molecule has 0 aromatic heterocycles. The van der Waals surface area contributed by atoms with Crippen LogP contribution in [0.3, 0.4) is 0 Å². The molecule has 6 heteroatoms. The normalized spacial score (nSPS) is 11.3. The summed E-state index contributed by atoms with van der Waals surface area (Å²) in [6, 6.07) is 11.0. The summed E-state index contributed by atoms with van der Waals surface area (Å²) in [5.41, 5.74) is 3.88. The van der Waals surface area contributed by atoms with Crippen LogP contribution in [0, 0.1) is 0 Å². The van der Waals surface area contributed by atoms with Crippen molar-refractivity contribution in [1.29, 1.82) is 0 Å². The van der Waals surface area contributed by atoms with Gasteiger partial charge in [-0.2, -0.15) is 5.10 Å². The largest absolute Gasteiger partial charge is 0.508 e. The van der Waals surface area contributed by atoms with Gasteiger partial charge in [0.2, 0.25) is 0 Å². The molecule has 0 unspecified atom stereocenters. The first kappa shape index (κ1) is 15.4. The van der Waals surface area contributed by atoms with E-state index < -0.39 is 5.91 Å². The zero-order valence-electron chi connectivity index (χ0n) is 11.1. The average Bonchev–Trinajstić information content (AvgIpc) is 2.47. The van der Waals surface area contributed by atoms with E-state index >= 15 is 0 Å². The van der Waals surface area contributed by atoms with Gasteiger partial charge in [0.05, 0.1) is 5.71 Å². The highest BCUT2D eigenvalue weighted by Gasteiger charge is 2.08. The molecule has 0 atom stereocenters. The van der Waals surface area contributed by atoms with E-state index in [0.29, 0.717) is 26.9 Å². The van der Waals surface area contributed by atoms with Gasteiger partial charge in [-0.15, -0.1) is 0 Å². The number of hydrogen-bond donors (Lipinski definition) is 2. The molecule has 0 saturated carbocycles. The highest BCUT2D eigenvalue weighted by atomic mass is 35.5. The smallest absolute Gasteiger partial charge is 0.271 e. The minimum Gasteiger partial charge on any atom is -0.508 e. The van der Waals surface area contributed by atoms with Crippen LogP contribution >= 0.6 is 23.2 Å². The van der Waals surface area contributed by atoms with Crippen LogP contribution in [0.4, 0.5) is 0 Å². The van der Waals surface area contributed by atoms with E-state index in [1.165, 1.54) is 12.1 Å². The second-order valence-corrected chi connectivity index (χ2v) is 5.16. The molecule has 0 spiro atoms. The molecule has 2 rings (SSSR count). The Labute approximate surface area is 132 Å². The third kappa shape index (κ3) is 3.97. The third-order valence-corrected chi connectivity index (χ3v) is 3.32. The fourth-order valence-corrected chi connectivity index (χ4v) is 2.11. The van der Waals surface area contributed by atoms with Gasteiger partial charge in [-0.05, 0) is 43.3 Å². The zero-order chi connectivity index (χ0) is 15.4. The molecule has 0 fully saturated rings. The summed E-state index contributed by atoms with van der Waals surface area (Å²) in [7, 11) is 0. The maximum Gasteiger partial charge on any atom is 0.271 e. The van der Waals surface area contributed by atoms with E-state index in [-0.39, 0.29) is 5.75 Å². The number of carbonyl (C=O) groups is 1. The Morgan fingerprint density at radius 3 is 2.67 bits per heavy atom. The minimum atomic E-state index is -0.427. The summed E-state index contributed by atoms with van der Waals surface area (Å²) in [6.45, 7) is 1.71. The molecule has 21 heavy (non-hydrogen) atoms. The molecule has 2 aromatic carbocycles. The van der Waals surface area contributed by atoms with Crippen molar-refractivity contribution in [3.05, 3.63) is 63.6 Å². The SMILES string of the molecule is C/C(=N/NC(=O)c1cccc(O)c1)c1cc(Cl)ccc1Cl. The van der Waals surface area contributed by atoms with E-state index in [9.17, 15) is 9.90 Å². The molecule has 0 heterocycles. The number of aromatic hydroxyl groups is 1. The molecule has 0 aliphatic heterocycles. The molecule has 0 aliphatic rings. The van der Waals surface area contributed by atoms with Crippen LogP contribution in [0.5, 0.6) is 5.75 Å². The predicted octanol–water partition coefficient (Wildman–Crippen LogP) is 3.85. The van der Waals surface area contributed by atoms with Crippen LogP contribution in [0.25, 0.3) is 0 Å². The molecule has 0 saturated heterocycles. The predicted molar refractivity (Wildman–Crippen MR) is 84.2 cm³/mol. The van der Waals surface area contributed by atoms with Gasteiger partial charge in [0.1, 0.15) is 5.75 Å². The molecule has 4 nitrogen and oxygen atoms in total. The number of halogens is 2. The standard InChI is InChI=1S/C15H12Cl2N2O2/c1-9(13-8-11(16)5-6-14(13)17)18-19-15(21)10-3-2-4-12(20)7-10/h2-8,20H,1H3,(H,19,21)/b18-9-. The average molecular weight is 323 g/mol. The molecular weight excluding hydrogens is 311 g/mol. The Hall–Kier alpha value is -2.04. The number of phenols is 1. The van der Waals surface area contributed by atoms with Gasteiger partial charge in [0.25, 0.3) is 5.91 Å². The zero-order valence-corrected chi connectivity index (χ0v) is 12.6. The molecule has 2 aromatic rings. The maximum atomic E-state index is 11.9. The highest BCUT2D eigenvalue weighted by Crippen LogP contribution is 2.21. The second kappa shape index (κ2) is 6.61. The van der Waals surface area contributed by atoms with Crippen molar-refractivity contribution in [3.63, 3.8) is 0 Å². The summed E-state index contributed by atoms with van der Waals surface area (Å²) in [6.07, 6.45) is 0. The first-order valence-electron chi connectivity index (χ1n) is 6.06. The second-order valence-electron chi connectivity index (χ2n) is 4.31. The quantitative estimate of drug-likeness (QED) is 0.666. The van der Waals surface area contributed by atoms with E-state index in [1.54, 1.807) is 37.3 Å². The van der Waals surface area contributed by atoms with Crippen molar-refractivity contribution in [1.82, 2.24) is 5.43 Å². The number of hydrazone groups is 1. The fraction of sp³-hybridized carbons (Fsp3) is 0.0667. The number of benzene rings is 2. The van der Waals surface area contributed by atoms with Crippen LogP contribution in [0.2, 0.25) is 10.0 Å². The van der Waals surface area contributed by atoms with Gasteiger partial charge in [0, 0.05) is 21.2 Å². The Balaban J connectivity index is 2.17. The van der Waals surface area contributed by atoms with Crippen LogP contribution in [-0.2, 0) is 0 Å². The van der Waals surface area contributed by atoms with E-state index in [0.717, 1.165) is 0 Å². The van der Waals surface area contributed by atoms with E-state index in [1.807, 2.05) is 0 Å². The monoisotopic (exact) mass is 322 g/mol. The van der Waals surface area contributed by atoms with Crippen LogP contribution < -0.4 is 5.43 Å². The van der Waals surface area contributed by atoms with Gasteiger partial charge < -0.3 is 5.11 Å². The molecular formula is C15H12Cl2N2O2. The van der Waals surface area contributed by atoms with Gasteiger partial charge in [-0.3, -0.25) is 4.79 Å². The number of rotatable bonds is 3. The maximum absolute atomic E-state index is 11.9. The Morgan fingerprint density at radius 2 is 1.95 bits per heavy atom. The van der Waals surface area contributed by atoms with Crippen LogP contribution in [0.15, 0.2) is 47.6 Å². The van der Waals surface area contributed by atoms with E-state index in [4.69, 9.17) is 23.2 Å². The first-order valence-corrected chi connectivity index (χ1v) is 6.82. The van der Waals surface area contributed by atoms with Crippen molar-refractivity contribution < 1.29 is 9.90 Å².